The third kappa shape index (κ3) is 5.85. The summed E-state index contributed by atoms with van der Waals surface area (Å²) in [6, 6.07) is 6.87. The van der Waals surface area contributed by atoms with Crippen LogP contribution in [-0.4, -0.2) is 30.1 Å². The van der Waals surface area contributed by atoms with Gasteiger partial charge < -0.3 is 15.2 Å². The van der Waals surface area contributed by atoms with Crippen molar-refractivity contribution in [2.24, 2.45) is 5.92 Å². The summed E-state index contributed by atoms with van der Waals surface area (Å²) in [6.07, 6.45) is 1.78. The van der Waals surface area contributed by atoms with Gasteiger partial charge in [-0.25, -0.2) is 4.79 Å². The molecule has 0 bridgehead atoms. The fourth-order valence-electron chi connectivity index (χ4n) is 2.00. The highest BCUT2D eigenvalue weighted by Gasteiger charge is 2.22. The minimum Gasteiger partial charge on any atom is -0.497 e. The van der Waals surface area contributed by atoms with Crippen LogP contribution in [0.25, 0.3) is 0 Å². The molecule has 0 aliphatic carbocycles. The van der Waals surface area contributed by atoms with Gasteiger partial charge in [0.2, 0.25) is 5.91 Å². The van der Waals surface area contributed by atoms with Crippen molar-refractivity contribution in [3.8, 4) is 5.75 Å². The number of methoxy groups -OCH3 is 1. The summed E-state index contributed by atoms with van der Waals surface area (Å²) in [7, 11) is 1.62. The first kappa shape index (κ1) is 17.0. The van der Waals surface area contributed by atoms with Gasteiger partial charge in [-0.1, -0.05) is 26.0 Å². The van der Waals surface area contributed by atoms with Crippen LogP contribution in [0.4, 0.5) is 0 Å². The summed E-state index contributed by atoms with van der Waals surface area (Å²) >= 11 is 0. The van der Waals surface area contributed by atoms with Crippen molar-refractivity contribution in [3.63, 3.8) is 0 Å². The number of carbonyl (C=O) groups excluding carboxylic acids is 1. The van der Waals surface area contributed by atoms with Crippen LogP contribution in [0, 0.1) is 5.92 Å². The highest BCUT2D eigenvalue weighted by atomic mass is 16.5. The van der Waals surface area contributed by atoms with Crippen LogP contribution in [0.15, 0.2) is 24.3 Å². The molecule has 1 aromatic carbocycles. The lowest BCUT2D eigenvalue weighted by Crippen LogP contribution is -2.44. The lowest BCUT2D eigenvalue weighted by atomic mass is 10.0. The van der Waals surface area contributed by atoms with Gasteiger partial charge in [-0.05, 0) is 36.5 Å². The molecule has 5 nitrogen and oxygen atoms in total. The highest BCUT2D eigenvalue weighted by molar-refractivity contribution is 5.83. The molecular weight excluding hydrogens is 270 g/mol. The van der Waals surface area contributed by atoms with E-state index in [0.29, 0.717) is 12.8 Å². The molecule has 2 N–H and O–H groups in total. The maximum Gasteiger partial charge on any atom is 0.326 e. The summed E-state index contributed by atoms with van der Waals surface area (Å²) in [6.45, 7) is 3.55. The van der Waals surface area contributed by atoms with Crippen LogP contribution in [0.3, 0.4) is 0 Å². The van der Waals surface area contributed by atoms with Crippen molar-refractivity contribution < 1.29 is 19.4 Å². The number of amides is 1. The topological polar surface area (TPSA) is 75.6 Å². The Kier molecular flexibility index (Phi) is 6.72. The summed E-state index contributed by atoms with van der Waals surface area (Å²) < 4.78 is 5.08. The van der Waals surface area contributed by atoms with Gasteiger partial charge in [0.1, 0.15) is 11.8 Å². The first-order valence-electron chi connectivity index (χ1n) is 7.09. The van der Waals surface area contributed by atoms with E-state index in [4.69, 9.17) is 9.84 Å². The second kappa shape index (κ2) is 8.29. The number of nitrogens with one attached hydrogen (secondary N) is 1. The monoisotopic (exact) mass is 293 g/mol. The molecule has 0 aliphatic heterocycles. The number of aryl methyl sites for hydroxylation is 1. The van der Waals surface area contributed by atoms with Crippen molar-refractivity contribution in [1.29, 1.82) is 0 Å². The normalized spacial score (nSPS) is 12.0. The molecule has 0 saturated heterocycles. The molecule has 116 valence electrons. The first-order valence-corrected chi connectivity index (χ1v) is 7.09. The predicted octanol–water partition coefficient (Wildman–Crippen LogP) is 2.24. The maximum atomic E-state index is 11.8. The largest absolute Gasteiger partial charge is 0.497 e. The van der Waals surface area contributed by atoms with Gasteiger partial charge in [-0.15, -0.1) is 0 Å². The second-order valence-electron chi connectivity index (χ2n) is 5.33. The van der Waals surface area contributed by atoms with Crippen molar-refractivity contribution in [2.45, 2.75) is 39.2 Å². The minimum atomic E-state index is -0.992. The number of aliphatic carboxylic acids is 1. The van der Waals surface area contributed by atoms with Crippen LogP contribution < -0.4 is 10.1 Å². The molecule has 0 fully saturated rings. The Morgan fingerprint density at radius 1 is 1.24 bits per heavy atom. The van der Waals surface area contributed by atoms with Crippen LogP contribution >= 0.6 is 0 Å². The third-order valence-electron chi connectivity index (χ3n) is 3.28. The Hall–Kier alpha value is -2.04. The zero-order valence-corrected chi connectivity index (χ0v) is 12.8. The van der Waals surface area contributed by atoms with E-state index in [2.05, 4.69) is 5.32 Å². The van der Waals surface area contributed by atoms with Crippen LogP contribution in [0.2, 0.25) is 0 Å². The number of rotatable bonds is 8. The summed E-state index contributed by atoms with van der Waals surface area (Å²) in [5, 5.41) is 11.6. The summed E-state index contributed by atoms with van der Waals surface area (Å²) in [4.78, 5) is 22.8. The van der Waals surface area contributed by atoms with Crippen LogP contribution in [-0.2, 0) is 16.0 Å². The molecule has 0 aromatic heterocycles. The molecule has 0 heterocycles. The molecule has 0 spiro atoms. The number of ether oxygens (including phenoxy) is 1. The summed E-state index contributed by atoms with van der Waals surface area (Å²) in [5.41, 5.74) is 1.13. The molecule has 1 rings (SSSR count). The van der Waals surface area contributed by atoms with E-state index < -0.39 is 12.0 Å². The maximum absolute atomic E-state index is 11.8. The fourth-order valence-corrected chi connectivity index (χ4v) is 2.00. The fraction of sp³-hybridized carbons (Fsp3) is 0.500. The third-order valence-corrected chi connectivity index (χ3v) is 3.28. The number of hydrogen-bond acceptors (Lipinski definition) is 3. The van der Waals surface area contributed by atoms with Gasteiger partial charge in [-0.3, -0.25) is 4.79 Å². The molecular formula is C16H23NO4. The van der Waals surface area contributed by atoms with E-state index >= 15 is 0 Å². The van der Waals surface area contributed by atoms with Crippen molar-refractivity contribution >= 4 is 11.9 Å². The number of benzene rings is 1. The van der Waals surface area contributed by atoms with Crippen molar-refractivity contribution in [3.05, 3.63) is 29.8 Å². The Bertz CT molecular complexity index is 468. The average molecular weight is 293 g/mol. The molecule has 1 atom stereocenters. The molecule has 0 radical (unpaired) electrons. The van der Waals surface area contributed by atoms with E-state index in [0.717, 1.165) is 17.7 Å². The Balaban J connectivity index is 2.37. The lowest BCUT2D eigenvalue weighted by molar-refractivity contribution is -0.143. The molecule has 21 heavy (non-hydrogen) atoms. The van der Waals surface area contributed by atoms with Gasteiger partial charge in [0.05, 0.1) is 7.11 Å². The SMILES string of the molecule is COc1ccc(CCCC(=O)N[C@H](C(=O)O)C(C)C)cc1. The lowest BCUT2D eigenvalue weighted by Gasteiger charge is -2.17. The Labute approximate surface area is 125 Å². The van der Waals surface area contributed by atoms with E-state index in [9.17, 15) is 9.59 Å². The van der Waals surface area contributed by atoms with Crippen molar-refractivity contribution in [1.82, 2.24) is 5.32 Å². The van der Waals surface area contributed by atoms with Gasteiger partial charge in [0.25, 0.3) is 0 Å². The predicted molar refractivity (Wildman–Crippen MR) is 80.3 cm³/mol. The van der Waals surface area contributed by atoms with Gasteiger partial charge in [0, 0.05) is 6.42 Å². The minimum absolute atomic E-state index is 0.131. The molecule has 1 amide bonds. The number of hydrogen-bond donors (Lipinski definition) is 2. The van der Waals surface area contributed by atoms with Crippen molar-refractivity contribution in [2.75, 3.05) is 7.11 Å². The first-order chi connectivity index (χ1) is 9.93. The standard InChI is InChI=1S/C16H23NO4/c1-11(2)15(16(19)20)17-14(18)6-4-5-12-7-9-13(21-3)10-8-12/h7-11,15H,4-6H2,1-3H3,(H,17,18)(H,19,20)/t15-/m0/s1. The molecule has 0 unspecified atom stereocenters. The average Bonchev–Trinajstić information content (AvgIpc) is 2.45. The van der Waals surface area contributed by atoms with Gasteiger partial charge >= 0.3 is 5.97 Å². The summed E-state index contributed by atoms with van der Waals surface area (Å²) in [5.74, 6) is -0.538. The van der Waals surface area contributed by atoms with Gasteiger partial charge in [-0.2, -0.15) is 0 Å². The Morgan fingerprint density at radius 2 is 1.86 bits per heavy atom. The zero-order chi connectivity index (χ0) is 15.8. The number of carbonyl (C=O) groups is 2. The molecule has 0 aliphatic rings. The second-order valence-corrected chi connectivity index (χ2v) is 5.33. The molecule has 1 aromatic rings. The van der Waals surface area contributed by atoms with E-state index in [-0.39, 0.29) is 11.8 Å². The number of carboxylic acid groups (broad SMARTS) is 1. The quantitative estimate of drug-likeness (QED) is 0.770. The molecule has 5 heteroatoms. The van der Waals surface area contributed by atoms with Crippen LogP contribution in [0.1, 0.15) is 32.3 Å². The zero-order valence-electron chi connectivity index (χ0n) is 12.8. The van der Waals surface area contributed by atoms with E-state index in [1.54, 1.807) is 21.0 Å². The molecule has 0 saturated carbocycles. The number of carboxylic acids is 1. The van der Waals surface area contributed by atoms with Crippen LogP contribution in [0.5, 0.6) is 5.75 Å². The van der Waals surface area contributed by atoms with E-state index in [1.165, 1.54) is 0 Å². The highest BCUT2D eigenvalue weighted by Crippen LogP contribution is 2.13. The Morgan fingerprint density at radius 3 is 2.33 bits per heavy atom. The van der Waals surface area contributed by atoms with E-state index in [1.807, 2.05) is 24.3 Å². The smallest absolute Gasteiger partial charge is 0.326 e. The van der Waals surface area contributed by atoms with Gasteiger partial charge in [0.15, 0.2) is 0 Å².